The molecule has 0 aliphatic rings. The molecule has 0 atom stereocenters. The minimum absolute atomic E-state index is 0.0955. The number of aromatic amines is 1. The van der Waals surface area contributed by atoms with Crippen LogP contribution < -0.4 is 0 Å². The molecule has 0 radical (unpaired) electrons. The quantitative estimate of drug-likeness (QED) is 0.685. The zero-order chi connectivity index (χ0) is 10.7. The molecule has 0 aromatic carbocycles. The molecule has 0 bridgehead atoms. The highest BCUT2D eigenvalue weighted by atomic mass is 16.3. The van der Waals surface area contributed by atoms with Crippen LogP contribution >= 0.6 is 0 Å². The van der Waals surface area contributed by atoms with Crippen LogP contribution in [0.3, 0.4) is 0 Å². The SMILES string of the molecule is Cc1cc(/C=C(\O)c2nn[nH]n2)ncn1. The van der Waals surface area contributed by atoms with Gasteiger partial charge in [0.1, 0.15) is 6.33 Å². The van der Waals surface area contributed by atoms with Crippen molar-refractivity contribution < 1.29 is 5.11 Å². The van der Waals surface area contributed by atoms with Crippen LogP contribution in [-0.4, -0.2) is 35.7 Å². The number of tetrazole rings is 1. The number of aryl methyl sites for hydroxylation is 1. The molecule has 2 aromatic heterocycles. The normalized spacial score (nSPS) is 11.7. The Morgan fingerprint density at radius 3 is 3.00 bits per heavy atom. The maximum Gasteiger partial charge on any atom is 0.238 e. The van der Waals surface area contributed by atoms with E-state index >= 15 is 0 Å². The van der Waals surface area contributed by atoms with Crippen LogP contribution in [0.25, 0.3) is 11.8 Å². The van der Waals surface area contributed by atoms with E-state index in [4.69, 9.17) is 0 Å². The van der Waals surface area contributed by atoms with Gasteiger partial charge >= 0.3 is 0 Å². The Hall–Kier alpha value is -2.31. The van der Waals surface area contributed by atoms with Gasteiger partial charge in [0.2, 0.25) is 5.82 Å². The van der Waals surface area contributed by atoms with Crippen molar-refractivity contribution in [1.29, 1.82) is 0 Å². The Balaban J connectivity index is 2.31. The molecule has 15 heavy (non-hydrogen) atoms. The van der Waals surface area contributed by atoms with E-state index in [1.54, 1.807) is 6.07 Å². The van der Waals surface area contributed by atoms with Gasteiger partial charge in [0, 0.05) is 11.8 Å². The number of hydrogen-bond donors (Lipinski definition) is 2. The van der Waals surface area contributed by atoms with E-state index in [0.717, 1.165) is 5.69 Å². The fourth-order valence-electron chi connectivity index (χ4n) is 1.03. The molecular formula is C8H8N6O. The topological polar surface area (TPSA) is 100 Å². The van der Waals surface area contributed by atoms with Gasteiger partial charge in [0.05, 0.1) is 5.69 Å². The van der Waals surface area contributed by atoms with Gasteiger partial charge in [-0.25, -0.2) is 9.97 Å². The van der Waals surface area contributed by atoms with Gasteiger partial charge in [0.15, 0.2) is 5.76 Å². The summed E-state index contributed by atoms with van der Waals surface area (Å²) in [7, 11) is 0. The van der Waals surface area contributed by atoms with Crippen molar-refractivity contribution in [2.75, 3.05) is 0 Å². The van der Waals surface area contributed by atoms with E-state index in [1.807, 2.05) is 6.92 Å². The highest BCUT2D eigenvalue weighted by Gasteiger charge is 2.04. The zero-order valence-corrected chi connectivity index (χ0v) is 7.92. The first-order valence-corrected chi connectivity index (χ1v) is 4.19. The van der Waals surface area contributed by atoms with Gasteiger partial charge in [-0.3, -0.25) is 0 Å². The number of hydrogen-bond acceptors (Lipinski definition) is 6. The lowest BCUT2D eigenvalue weighted by molar-refractivity contribution is 0.508. The maximum absolute atomic E-state index is 9.57. The smallest absolute Gasteiger partial charge is 0.238 e. The van der Waals surface area contributed by atoms with Crippen LogP contribution in [0.1, 0.15) is 17.2 Å². The molecule has 2 aromatic rings. The molecule has 0 amide bonds. The third-order valence-corrected chi connectivity index (χ3v) is 1.68. The number of aliphatic hydroxyl groups excluding tert-OH is 1. The molecule has 0 aliphatic heterocycles. The second-order valence-corrected chi connectivity index (χ2v) is 2.85. The van der Waals surface area contributed by atoms with Crippen LogP contribution in [0.15, 0.2) is 12.4 Å². The van der Waals surface area contributed by atoms with Crippen molar-refractivity contribution >= 4 is 11.8 Å². The second kappa shape index (κ2) is 3.82. The predicted octanol–water partition coefficient (Wildman–Crippen LogP) is 0.354. The van der Waals surface area contributed by atoms with Gasteiger partial charge in [0.25, 0.3) is 0 Å². The molecule has 2 heterocycles. The van der Waals surface area contributed by atoms with Crippen molar-refractivity contribution in [3.63, 3.8) is 0 Å². The molecule has 7 heteroatoms. The molecule has 0 saturated heterocycles. The standard InChI is InChI=1S/C8H8N6O/c1-5-2-6(10-4-9-5)3-7(15)8-11-13-14-12-8/h2-4,15H,1H3,(H,11,12,13,14)/b7-3-. The molecular weight excluding hydrogens is 196 g/mol. The average molecular weight is 204 g/mol. The predicted molar refractivity (Wildman–Crippen MR) is 51.4 cm³/mol. The summed E-state index contributed by atoms with van der Waals surface area (Å²) < 4.78 is 0. The summed E-state index contributed by atoms with van der Waals surface area (Å²) >= 11 is 0. The van der Waals surface area contributed by atoms with Gasteiger partial charge in [-0.1, -0.05) is 0 Å². The van der Waals surface area contributed by atoms with Crippen molar-refractivity contribution in [2.24, 2.45) is 0 Å². The summed E-state index contributed by atoms with van der Waals surface area (Å²) in [5, 5.41) is 22.4. The summed E-state index contributed by atoms with van der Waals surface area (Å²) in [4.78, 5) is 7.89. The summed E-state index contributed by atoms with van der Waals surface area (Å²) in [6, 6.07) is 1.73. The highest BCUT2D eigenvalue weighted by molar-refractivity contribution is 5.71. The number of H-pyrrole nitrogens is 1. The van der Waals surface area contributed by atoms with Gasteiger partial charge in [-0.2, -0.15) is 5.21 Å². The fourth-order valence-corrected chi connectivity index (χ4v) is 1.03. The largest absolute Gasteiger partial charge is 0.504 e. The van der Waals surface area contributed by atoms with Crippen LogP contribution in [0.2, 0.25) is 0 Å². The summed E-state index contributed by atoms with van der Waals surface area (Å²) in [5.41, 5.74) is 1.40. The van der Waals surface area contributed by atoms with Gasteiger partial charge in [-0.05, 0) is 18.2 Å². The number of aliphatic hydroxyl groups is 1. The Morgan fingerprint density at radius 2 is 2.33 bits per heavy atom. The van der Waals surface area contributed by atoms with Gasteiger partial charge < -0.3 is 5.11 Å². The molecule has 7 nitrogen and oxygen atoms in total. The zero-order valence-electron chi connectivity index (χ0n) is 7.92. The van der Waals surface area contributed by atoms with E-state index in [0.29, 0.717) is 5.69 Å². The summed E-state index contributed by atoms with van der Waals surface area (Å²) in [5.74, 6) is 0.0353. The Labute approximate surface area is 84.9 Å². The third-order valence-electron chi connectivity index (χ3n) is 1.68. The monoisotopic (exact) mass is 204 g/mol. The maximum atomic E-state index is 9.57. The van der Waals surface area contributed by atoms with Crippen LogP contribution in [-0.2, 0) is 0 Å². The summed E-state index contributed by atoms with van der Waals surface area (Å²) in [6.45, 7) is 1.84. The Bertz CT molecular complexity index is 478. The lowest BCUT2D eigenvalue weighted by Gasteiger charge is -1.95. The fraction of sp³-hybridized carbons (Fsp3) is 0.125. The highest BCUT2D eigenvalue weighted by Crippen LogP contribution is 2.08. The average Bonchev–Trinajstić information content (AvgIpc) is 2.70. The molecule has 0 spiro atoms. The lowest BCUT2D eigenvalue weighted by atomic mass is 10.3. The van der Waals surface area contributed by atoms with Crippen LogP contribution in [0.4, 0.5) is 0 Å². The lowest BCUT2D eigenvalue weighted by Crippen LogP contribution is -1.90. The first-order chi connectivity index (χ1) is 7.25. The van der Waals surface area contributed by atoms with E-state index in [9.17, 15) is 5.11 Å². The van der Waals surface area contributed by atoms with E-state index in [1.165, 1.54) is 12.4 Å². The van der Waals surface area contributed by atoms with E-state index in [-0.39, 0.29) is 11.6 Å². The molecule has 0 aliphatic carbocycles. The minimum Gasteiger partial charge on any atom is -0.504 e. The molecule has 2 N–H and O–H groups in total. The van der Waals surface area contributed by atoms with Crippen molar-refractivity contribution in [2.45, 2.75) is 6.92 Å². The molecule has 0 unspecified atom stereocenters. The van der Waals surface area contributed by atoms with Crippen molar-refractivity contribution in [1.82, 2.24) is 30.6 Å². The molecule has 0 fully saturated rings. The number of rotatable bonds is 2. The Kier molecular flexibility index (Phi) is 2.36. The number of aromatic nitrogens is 6. The van der Waals surface area contributed by atoms with Crippen LogP contribution in [0, 0.1) is 6.92 Å². The van der Waals surface area contributed by atoms with Crippen molar-refractivity contribution in [3.05, 3.63) is 29.6 Å². The molecule has 2 rings (SSSR count). The van der Waals surface area contributed by atoms with E-state index in [2.05, 4.69) is 30.6 Å². The minimum atomic E-state index is -0.0955. The van der Waals surface area contributed by atoms with E-state index < -0.39 is 0 Å². The third kappa shape index (κ3) is 2.13. The molecule has 0 saturated carbocycles. The second-order valence-electron chi connectivity index (χ2n) is 2.85. The Morgan fingerprint density at radius 1 is 1.47 bits per heavy atom. The number of nitrogens with zero attached hydrogens (tertiary/aromatic N) is 5. The number of nitrogens with one attached hydrogen (secondary N) is 1. The van der Waals surface area contributed by atoms with Crippen molar-refractivity contribution in [3.8, 4) is 0 Å². The van der Waals surface area contributed by atoms with Crippen LogP contribution in [0.5, 0.6) is 0 Å². The summed E-state index contributed by atoms with van der Waals surface area (Å²) in [6.07, 6.45) is 2.87. The first kappa shape index (κ1) is 9.25. The van der Waals surface area contributed by atoms with Gasteiger partial charge in [-0.15, -0.1) is 10.2 Å². The molecule has 76 valence electrons. The first-order valence-electron chi connectivity index (χ1n) is 4.19.